The molecule has 0 saturated carbocycles. The summed E-state index contributed by atoms with van der Waals surface area (Å²) < 4.78 is 11.4. The molecule has 6 aromatic rings. The van der Waals surface area contributed by atoms with Crippen LogP contribution in [0, 0.1) is 13.8 Å². The molecule has 4 nitrogen and oxygen atoms in total. The van der Waals surface area contributed by atoms with Crippen LogP contribution in [0.4, 0.5) is 0 Å². The predicted octanol–water partition coefficient (Wildman–Crippen LogP) is 8.04. The van der Waals surface area contributed by atoms with E-state index in [9.17, 15) is 4.79 Å². The van der Waals surface area contributed by atoms with Crippen molar-refractivity contribution in [1.29, 1.82) is 0 Å². The lowest BCUT2D eigenvalue weighted by molar-refractivity contribution is 0.227. The van der Waals surface area contributed by atoms with Gasteiger partial charge in [-0.3, -0.25) is 0 Å². The molecule has 5 aromatic carbocycles. The molecule has 1 unspecified atom stereocenters. The third-order valence-electron chi connectivity index (χ3n) is 6.96. The second-order valence-corrected chi connectivity index (χ2v) is 9.50. The molecule has 1 aromatic heterocycles. The predicted molar refractivity (Wildman–Crippen MR) is 155 cm³/mol. The van der Waals surface area contributed by atoms with Crippen molar-refractivity contribution in [3.8, 4) is 5.75 Å². The first-order valence-corrected chi connectivity index (χ1v) is 12.7. The molecule has 1 N–H and O–H groups in total. The second kappa shape index (κ2) is 10.9. The van der Waals surface area contributed by atoms with Gasteiger partial charge in [-0.25, -0.2) is 4.79 Å². The minimum absolute atomic E-state index is 0.112. The maximum atomic E-state index is 11.6. The van der Waals surface area contributed by atoms with E-state index >= 15 is 0 Å². The normalized spacial score (nSPS) is 11.8. The standard InChI is InChI=1S/C22H18O3.C12H12O/c1-14-11-22(23)25-21-13-19(9-10-20(14)21)24-15(2)17-8-7-16-5-3-4-6-18(16)12-17;1-9-11(8-13)7-6-10-4-2-3-5-12(9)10/h3-13,15H,1-2H3;2-7,13H,8H2,1H3. The van der Waals surface area contributed by atoms with Gasteiger partial charge in [-0.1, -0.05) is 72.8 Å². The number of fused-ring (bicyclic) bond motifs is 3. The monoisotopic (exact) mass is 502 g/mol. The number of hydrogen-bond acceptors (Lipinski definition) is 4. The van der Waals surface area contributed by atoms with E-state index in [1.165, 1.54) is 33.2 Å². The van der Waals surface area contributed by atoms with Crippen molar-refractivity contribution >= 4 is 32.5 Å². The highest BCUT2D eigenvalue weighted by molar-refractivity contribution is 5.86. The first kappa shape index (κ1) is 25.2. The molecule has 0 bridgehead atoms. The van der Waals surface area contributed by atoms with Crippen LogP contribution in [0.5, 0.6) is 5.75 Å². The first-order chi connectivity index (χ1) is 18.4. The number of rotatable bonds is 4. The average molecular weight is 503 g/mol. The third-order valence-corrected chi connectivity index (χ3v) is 6.96. The number of aryl methyl sites for hydroxylation is 2. The Morgan fingerprint density at radius 3 is 2.26 bits per heavy atom. The van der Waals surface area contributed by atoms with E-state index in [4.69, 9.17) is 14.3 Å². The Balaban J connectivity index is 0.000000190. The van der Waals surface area contributed by atoms with Gasteiger partial charge in [0.05, 0.1) is 6.61 Å². The zero-order chi connectivity index (χ0) is 26.6. The van der Waals surface area contributed by atoms with Crippen molar-refractivity contribution in [3.63, 3.8) is 0 Å². The molecule has 0 spiro atoms. The third kappa shape index (κ3) is 5.31. The topological polar surface area (TPSA) is 59.7 Å². The van der Waals surface area contributed by atoms with Crippen molar-refractivity contribution in [3.05, 3.63) is 136 Å². The van der Waals surface area contributed by atoms with E-state index < -0.39 is 0 Å². The summed E-state index contributed by atoms with van der Waals surface area (Å²) >= 11 is 0. The Morgan fingerprint density at radius 2 is 1.47 bits per heavy atom. The molecule has 1 atom stereocenters. The molecule has 190 valence electrons. The van der Waals surface area contributed by atoms with Crippen LogP contribution in [0.25, 0.3) is 32.5 Å². The van der Waals surface area contributed by atoms with Gasteiger partial charge in [-0.2, -0.15) is 0 Å². The van der Waals surface area contributed by atoms with E-state index in [1.807, 2.05) is 69.3 Å². The maximum absolute atomic E-state index is 11.6. The SMILES string of the molecule is Cc1c(CO)ccc2ccccc12.Cc1cc(=O)oc2cc(OC(C)c3ccc4ccccc4c3)ccc12. The van der Waals surface area contributed by atoms with Gasteiger partial charge in [0.25, 0.3) is 0 Å². The highest BCUT2D eigenvalue weighted by Gasteiger charge is 2.10. The first-order valence-electron chi connectivity index (χ1n) is 12.7. The Kier molecular flexibility index (Phi) is 7.25. The zero-order valence-corrected chi connectivity index (χ0v) is 21.8. The van der Waals surface area contributed by atoms with Gasteiger partial charge in [0.2, 0.25) is 0 Å². The lowest BCUT2D eigenvalue weighted by Gasteiger charge is -2.16. The van der Waals surface area contributed by atoms with E-state index in [2.05, 4.69) is 42.5 Å². The molecular formula is C34H30O4. The molecule has 1 heterocycles. The number of aliphatic hydroxyl groups is 1. The molecule has 0 saturated heterocycles. The van der Waals surface area contributed by atoms with Gasteiger partial charge in [0.1, 0.15) is 17.4 Å². The Hall–Kier alpha value is -4.41. The fourth-order valence-corrected chi connectivity index (χ4v) is 4.75. The van der Waals surface area contributed by atoms with Gasteiger partial charge >= 0.3 is 5.63 Å². The van der Waals surface area contributed by atoms with Gasteiger partial charge in [-0.05, 0) is 82.8 Å². The van der Waals surface area contributed by atoms with Crippen LogP contribution in [0.3, 0.4) is 0 Å². The Labute approximate surface area is 221 Å². The number of hydrogen-bond donors (Lipinski definition) is 1. The molecule has 4 heteroatoms. The minimum atomic E-state index is -0.343. The van der Waals surface area contributed by atoms with Crippen LogP contribution >= 0.6 is 0 Å². The highest BCUT2D eigenvalue weighted by Crippen LogP contribution is 2.28. The molecule has 0 aliphatic heterocycles. The van der Waals surface area contributed by atoms with Crippen LogP contribution in [-0.4, -0.2) is 5.11 Å². The second-order valence-electron chi connectivity index (χ2n) is 9.50. The number of benzene rings is 5. The summed E-state index contributed by atoms with van der Waals surface area (Å²) in [5.74, 6) is 0.682. The van der Waals surface area contributed by atoms with E-state index in [1.54, 1.807) is 6.07 Å². The fourth-order valence-electron chi connectivity index (χ4n) is 4.75. The molecule has 0 aliphatic rings. The smallest absolute Gasteiger partial charge is 0.336 e. The molecule has 0 aliphatic carbocycles. The van der Waals surface area contributed by atoms with Crippen molar-refractivity contribution in [2.75, 3.05) is 0 Å². The van der Waals surface area contributed by atoms with E-state index in [0.717, 1.165) is 22.1 Å². The van der Waals surface area contributed by atoms with Gasteiger partial charge in [0, 0.05) is 17.5 Å². The summed E-state index contributed by atoms with van der Waals surface area (Å²) in [4.78, 5) is 11.6. The maximum Gasteiger partial charge on any atom is 0.336 e. The van der Waals surface area contributed by atoms with Crippen LogP contribution < -0.4 is 10.4 Å². The summed E-state index contributed by atoms with van der Waals surface area (Å²) in [6.45, 7) is 6.09. The van der Waals surface area contributed by atoms with Crippen molar-refractivity contribution in [2.24, 2.45) is 0 Å². The van der Waals surface area contributed by atoms with Crippen molar-refractivity contribution in [1.82, 2.24) is 0 Å². The number of aliphatic hydroxyl groups excluding tert-OH is 1. The summed E-state index contributed by atoms with van der Waals surface area (Å²) in [5.41, 5.74) is 4.40. The largest absolute Gasteiger partial charge is 0.486 e. The van der Waals surface area contributed by atoms with Gasteiger partial charge in [0.15, 0.2) is 0 Å². The summed E-state index contributed by atoms with van der Waals surface area (Å²) in [5, 5.41) is 14.9. The lowest BCUT2D eigenvalue weighted by Crippen LogP contribution is -2.03. The lowest BCUT2D eigenvalue weighted by atomic mass is 10.0. The van der Waals surface area contributed by atoms with Crippen molar-refractivity contribution < 1.29 is 14.3 Å². The molecule has 38 heavy (non-hydrogen) atoms. The van der Waals surface area contributed by atoms with Gasteiger partial charge in [-0.15, -0.1) is 0 Å². The van der Waals surface area contributed by atoms with Crippen LogP contribution in [0.1, 0.15) is 35.3 Å². The van der Waals surface area contributed by atoms with E-state index in [-0.39, 0.29) is 18.3 Å². The van der Waals surface area contributed by atoms with Gasteiger partial charge < -0.3 is 14.3 Å². The zero-order valence-electron chi connectivity index (χ0n) is 21.8. The van der Waals surface area contributed by atoms with Crippen LogP contribution in [0.2, 0.25) is 0 Å². The van der Waals surface area contributed by atoms with Crippen molar-refractivity contribution in [2.45, 2.75) is 33.5 Å². The summed E-state index contributed by atoms with van der Waals surface area (Å²) in [6.07, 6.45) is -0.112. The molecule has 0 amide bonds. The summed E-state index contributed by atoms with van der Waals surface area (Å²) in [6, 6.07) is 34.0. The highest BCUT2D eigenvalue weighted by atomic mass is 16.5. The van der Waals surface area contributed by atoms with Crippen LogP contribution in [0.15, 0.2) is 112 Å². The Bertz CT molecular complexity index is 1800. The quantitative estimate of drug-likeness (QED) is 0.248. The Morgan fingerprint density at radius 1 is 0.763 bits per heavy atom. The summed E-state index contributed by atoms with van der Waals surface area (Å²) in [7, 11) is 0. The van der Waals surface area contributed by atoms with E-state index in [0.29, 0.717) is 11.3 Å². The fraction of sp³-hybridized carbons (Fsp3) is 0.147. The minimum Gasteiger partial charge on any atom is -0.486 e. The molecule has 0 radical (unpaired) electrons. The molecule has 6 rings (SSSR count). The van der Waals surface area contributed by atoms with Crippen LogP contribution in [-0.2, 0) is 6.61 Å². The molecule has 0 fully saturated rings. The molecular weight excluding hydrogens is 472 g/mol. The number of ether oxygens (including phenoxy) is 1. The average Bonchev–Trinajstić information content (AvgIpc) is 2.93.